The number of rotatable bonds is 4. The number of ether oxygens (including phenoxy) is 1. The molecular formula is C25H19Cl2NO2. The lowest BCUT2D eigenvalue weighted by molar-refractivity contribution is 0.143. The fourth-order valence-corrected chi connectivity index (χ4v) is 4.19. The van der Waals surface area contributed by atoms with Crippen LogP contribution >= 0.6 is 23.2 Å². The van der Waals surface area contributed by atoms with Crippen molar-refractivity contribution < 1.29 is 9.53 Å². The van der Waals surface area contributed by atoms with Crippen molar-refractivity contribution in [1.29, 1.82) is 0 Å². The zero-order valence-corrected chi connectivity index (χ0v) is 17.6. The molecule has 1 aliphatic carbocycles. The summed E-state index contributed by atoms with van der Waals surface area (Å²) >= 11 is 11.9. The molecule has 0 atom stereocenters. The van der Waals surface area contributed by atoms with Gasteiger partial charge in [-0.2, -0.15) is 0 Å². The van der Waals surface area contributed by atoms with E-state index in [4.69, 9.17) is 27.9 Å². The molecule has 1 aliphatic rings. The third kappa shape index (κ3) is 4.62. The third-order valence-electron chi connectivity index (χ3n) is 4.96. The SMILES string of the molecule is O=C(NCCC#Cc1cc(Cl)cc(Cl)c1)OCC1c2ccccc2-c2ccccc21. The lowest BCUT2D eigenvalue weighted by atomic mass is 9.98. The van der Waals surface area contributed by atoms with E-state index in [-0.39, 0.29) is 5.92 Å². The molecule has 0 saturated carbocycles. The van der Waals surface area contributed by atoms with Gasteiger partial charge in [0.15, 0.2) is 0 Å². The molecule has 0 saturated heterocycles. The number of benzene rings is 3. The number of hydrogen-bond donors (Lipinski definition) is 1. The molecule has 0 bridgehead atoms. The van der Waals surface area contributed by atoms with Crippen molar-refractivity contribution in [3.8, 4) is 23.0 Å². The Morgan fingerprint density at radius 3 is 2.17 bits per heavy atom. The second kappa shape index (κ2) is 9.26. The van der Waals surface area contributed by atoms with Crippen molar-refractivity contribution in [3.05, 3.63) is 93.5 Å². The summed E-state index contributed by atoms with van der Waals surface area (Å²) in [6, 6.07) is 21.7. The molecule has 3 aromatic rings. The Bertz CT molecular complexity index is 1080. The van der Waals surface area contributed by atoms with Crippen LogP contribution in [0, 0.1) is 11.8 Å². The Kier molecular flexibility index (Phi) is 6.28. The lowest BCUT2D eigenvalue weighted by Gasteiger charge is -2.14. The molecule has 0 aliphatic heterocycles. The molecule has 1 N–H and O–H groups in total. The van der Waals surface area contributed by atoms with Crippen LogP contribution < -0.4 is 5.32 Å². The molecule has 150 valence electrons. The number of halogens is 2. The first-order chi connectivity index (χ1) is 14.6. The quantitative estimate of drug-likeness (QED) is 0.387. The van der Waals surface area contributed by atoms with Gasteiger partial charge in [0.25, 0.3) is 0 Å². The molecule has 30 heavy (non-hydrogen) atoms. The zero-order chi connectivity index (χ0) is 20.9. The average Bonchev–Trinajstić information content (AvgIpc) is 3.05. The zero-order valence-electron chi connectivity index (χ0n) is 16.1. The first-order valence-electron chi connectivity index (χ1n) is 9.65. The summed E-state index contributed by atoms with van der Waals surface area (Å²) in [4.78, 5) is 12.1. The van der Waals surface area contributed by atoms with Crippen LogP contribution in [-0.2, 0) is 4.74 Å². The van der Waals surface area contributed by atoms with Gasteiger partial charge >= 0.3 is 6.09 Å². The summed E-state index contributed by atoms with van der Waals surface area (Å²) in [5.74, 6) is 6.04. The molecule has 4 rings (SSSR count). The van der Waals surface area contributed by atoms with E-state index in [1.165, 1.54) is 22.3 Å². The Labute approximate surface area is 186 Å². The molecule has 0 unspecified atom stereocenters. The fourth-order valence-electron chi connectivity index (χ4n) is 3.67. The first kappa shape index (κ1) is 20.3. The Morgan fingerprint density at radius 1 is 0.933 bits per heavy atom. The number of hydrogen-bond acceptors (Lipinski definition) is 2. The minimum absolute atomic E-state index is 0.0514. The number of amides is 1. The van der Waals surface area contributed by atoms with Crippen LogP contribution in [0.4, 0.5) is 4.79 Å². The number of carbonyl (C=O) groups is 1. The molecule has 0 heterocycles. The van der Waals surface area contributed by atoms with Gasteiger partial charge in [-0.05, 0) is 40.5 Å². The summed E-state index contributed by atoms with van der Waals surface area (Å²) in [5.41, 5.74) is 5.54. The topological polar surface area (TPSA) is 38.3 Å². The van der Waals surface area contributed by atoms with Gasteiger partial charge in [0.2, 0.25) is 0 Å². The normalized spacial score (nSPS) is 11.8. The largest absolute Gasteiger partial charge is 0.449 e. The van der Waals surface area contributed by atoms with Gasteiger partial charge in [0.1, 0.15) is 6.61 Å². The van der Waals surface area contributed by atoms with Gasteiger partial charge in [0, 0.05) is 34.5 Å². The highest BCUT2D eigenvalue weighted by Gasteiger charge is 2.28. The highest BCUT2D eigenvalue weighted by molar-refractivity contribution is 6.34. The van der Waals surface area contributed by atoms with Crippen LogP contribution in [0.15, 0.2) is 66.7 Å². The predicted octanol–water partition coefficient (Wildman–Crippen LogP) is 6.27. The van der Waals surface area contributed by atoms with E-state index < -0.39 is 6.09 Å². The van der Waals surface area contributed by atoms with Gasteiger partial charge in [-0.15, -0.1) is 0 Å². The Hall–Kier alpha value is -2.93. The third-order valence-corrected chi connectivity index (χ3v) is 5.39. The van der Waals surface area contributed by atoms with Crippen LogP contribution in [-0.4, -0.2) is 19.2 Å². The van der Waals surface area contributed by atoms with Crippen LogP contribution in [0.1, 0.15) is 29.0 Å². The Balaban J connectivity index is 1.29. The minimum atomic E-state index is -0.440. The fraction of sp³-hybridized carbons (Fsp3) is 0.160. The summed E-state index contributed by atoms with van der Waals surface area (Å²) in [5, 5.41) is 3.84. The number of carbonyl (C=O) groups excluding carboxylic acids is 1. The van der Waals surface area contributed by atoms with Crippen molar-refractivity contribution in [3.63, 3.8) is 0 Å². The molecule has 0 spiro atoms. The highest BCUT2D eigenvalue weighted by Crippen LogP contribution is 2.44. The summed E-state index contributed by atoms with van der Waals surface area (Å²) in [6.45, 7) is 0.699. The van der Waals surface area contributed by atoms with E-state index in [1.807, 2.05) is 24.3 Å². The molecule has 0 aromatic heterocycles. The van der Waals surface area contributed by atoms with Crippen LogP contribution in [0.5, 0.6) is 0 Å². The molecule has 3 nitrogen and oxygen atoms in total. The second-order valence-corrected chi connectivity index (χ2v) is 7.84. The summed E-state index contributed by atoms with van der Waals surface area (Å²) in [7, 11) is 0. The minimum Gasteiger partial charge on any atom is -0.449 e. The van der Waals surface area contributed by atoms with E-state index in [1.54, 1.807) is 18.2 Å². The first-order valence-corrected chi connectivity index (χ1v) is 10.4. The van der Waals surface area contributed by atoms with Crippen LogP contribution in [0.3, 0.4) is 0 Å². The van der Waals surface area contributed by atoms with Crippen molar-refractivity contribution in [2.24, 2.45) is 0 Å². The van der Waals surface area contributed by atoms with Gasteiger partial charge in [0.05, 0.1) is 0 Å². The maximum atomic E-state index is 12.1. The Morgan fingerprint density at radius 2 is 1.53 bits per heavy atom. The molecule has 0 radical (unpaired) electrons. The summed E-state index contributed by atoms with van der Waals surface area (Å²) in [6.07, 6.45) is 0.0541. The van der Waals surface area contributed by atoms with E-state index in [0.717, 1.165) is 5.56 Å². The van der Waals surface area contributed by atoms with Crippen molar-refractivity contribution >= 4 is 29.3 Å². The van der Waals surface area contributed by atoms with Crippen molar-refractivity contribution in [2.75, 3.05) is 13.2 Å². The predicted molar refractivity (Wildman–Crippen MR) is 121 cm³/mol. The average molecular weight is 436 g/mol. The van der Waals surface area contributed by atoms with Crippen molar-refractivity contribution in [1.82, 2.24) is 5.32 Å². The van der Waals surface area contributed by atoms with Gasteiger partial charge in [-0.25, -0.2) is 4.79 Å². The van der Waals surface area contributed by atoms with Gasteiger partial charge < -0.3 is 10.1 Å². The van der Waals surface area contributed by atoms with Crippen molar-refractivity contribution in [2.45, 2.75) is 12.3 Å². The molecule has 0 fully saturated rings. The standard InChI is InChI=1S/C25H19Cl2NO2/c26-18-13-17(14-19(27)15-18)7-5-6-12-28-25(29)30-16-24-22-10-3-1-8-20(22)21-9-2-4-11-23(21)24/h1-4,8-11,13-15,24H,6,12,16H2,(H,28,29). The smallest absolute Gasteiger partial charge is 0.407 e. The molecular weight excluding hydrogens is 417 g/mol. The summed E-state index contributed by atoms with van der Waals surface area (Å²) < 4.78 is 5.50. The van der Waals surface area contributed by atoms with Crippen LogP contribution in [0.2, 0.25) is 10.0 Å². The van der Waals surface area contributed by atoms with E-state index in [9.17, 15) is 4.79 Å². The maximum Gasteiger partial charge on any atom is 0.407 e. The highest BCUT2D eigenvalue weighted by atomic mass is 35.5. The van der Waals surface area contributed by atoms with E-state index in [0.29, 0.717) is 29.6 Å². The molecule has 1 amide bonds. The maximum absolute atomic E-state index is 12.1. The molecule has 3 aromatic carbocycles. The number of nitrogens with one attached hydrogen (secondary N) is 1. The van der Waals surface area contributed by atoms with E-state index >= 15 is 0 Å². The monoisotopic (exact) mass is 435 g/mol. The van der Waals surface area contributed by atoms with Gasteiger partial charge in [-0.1, -0.05) is 83.6 Å². The van der Waals surface area contributed by atoms with Gasteiger partial charge in [-0.3, -0.25) is 0 Å². The lowest BCUT2D eigenvalue weighted by Crippen LogP contribution is -2.26. The molecule has 5 heteroatoms. The van der Waals surface area contributed by atoms with E-state index in [2.05, 4.69) is 41.4 Å². The van der Waals surface area contributed by atoms with Crippen LogP contribution in [0.25, 0.3) is 11.1 Å². The number of alkyl carbamates (subject to hydrolysis) is 1. The second-order valence-electron chi connectivity index (χ2n) is 6.96. The number of fused-ring (bicyclic) bond motifs is 3.